The maximum Gasteiger partial charge on any atom is 0.263 e. The van der Waals surface area contributed by atoms with Gasteiger partial charge in [-0.2, -0.15) is 0 Å². The summed E-state index contributed by atoms with van der Waals surface area (Å²) in [7, 11) is -3.61. The molecule has 0 unspecified atom stereocenters. The van der Waals surface area contributed by atoms with Crippen LogP contribution in [-0.2, 0) is 14.8 Å². The third-order valence-electron chi connectivity index (χ3n) is 4.57. The Bertz CT molecular complexity index is 982. The predicted octanol–water partition coefficient (Wildman–Crippen LogP) is 2.69. The predicted molar refractivity (Wildman–Crippen MR) is 105 cm³/mol. The molecule has 1 amide bonds. The van der Waals surface area contributed by atoms with E-state index in [-0.39, 0.29) is 22.7 Å². The van der Waals surface area contributed by atoms with Gasteiger partial charge in [0, 0.05) is 5.56 Å². The molecule has 0 saturated carbocycles. The zero-order chi connectivity index (χ0) is 19.6. The third kappa shape index (κ3) is 4.03. The molecular formula is C20H23N3O3S. The van der Waals surface area contributed by atoms with E-state index in [2.05, 4.69) is 15.0 Å². The second-order valence-electron chi connectivity index (χ2n) is 6.64. The summed E-state index contributed by atoms with van der Waals surface area (Å²) in [6.07, 6.45) is 0.744. The number of rotatable bonds is 5. The van der Waals surface area contributed by atoms with Gasteiger partial charge in [-0.3, -0.25) is 14.5 Å². The summed E-state index contributed by atoms with van der Waals surface area (Å²) in [5, 5.41) is 3.00. The number of aryl methyl sites for hydroxylation is 1. The van der Waals surface area contributed by atoms with Crippen molar-refractivity contribution in [3.63, 3.8) is 0 Å². The number of carbonyl (C=O) groups is 1. The normalized spacial score (nSPS) is 18.4. The third-order valence-corrected chi connectivity index (χ3v) is 5.97. The molecule has 0 aromatic heterocycles. The second kappa shape index (κ2) is 7.52. The minimum absolute atomic E-state index is 0.117. The number of benzene rings is 2. The zero-order valence-corrected chi connectivity index (χ0v) is 16.4. The van der Waals surface area contributed by atoms with Crippen LogP contribution in [0.3, 0.4) is 0 Å². The van der Waals surface area contributed by atoms with Crippen molar-refractivity contribution in [2.75, 3.05) is 0 Å². The van der Waals surface area contributed by atoms with Crippen molar-refractivity contribution in [3.05, 3.63) is 65.2 Å². The first-order valence-electron chi connectivity index (χ1n) is 8.88. The molecule has 0 spiro atoms. The molecule has 142 valence electrons. The van der Waals surface area contributed by atoms with Gasteiger partial charge in [0.1, 0.15) is 11.9 Å². The van der Waals surface area contributed by atoms with Gasteiger partial charge in [-0.25, -0.2) is 8.42 Å². The number of nitrogens with one attached hydrogen (secondary N) is 2. The van der Waals surface area contributed by atoms with E-state index in [1.807, 2.05) is 38.1 Å². The molecule has 0 saturated heterocycles. The fourth-order valence-corrected chi connectivity index (χ4v) is 4.23. The molecule has 2 N–H and O–H groups in total. The lowest BCUT2D eigenvalue weighted by Gasteiger charge is -2.19. The highest BCUT2D eigenvalue weighted by atomic mass is 32.2. The Morgan fingerprint density at radius 3 is 2.48 bits per heavy atom. The Morgan fingerprint density at radius 1 is 1.15 bits per heavy atom. The molecular weight excluding hydrogens is 362 g/mol. The van der Waals surface area contributed by atoms with Crippen molar-refractivity contribution in [2.24, 2.45) is 4.99 Å². The van der Waals surface area contributed by atoms with Crippen LogP contribution in [0, 0.1) is 6.92 Å². The van der Waals surface area contributed by atoms with Crippen molar-refractivity contribution < 1.29 is 13.2 Å². The number of fused-ring (bicyclic) bond motifs is 1. The number of amidine groups is 1. The molecule has 3 rings (SSSR count). The zero-order valence-electron chi connectivity index (χ0n) is 15.6. The molecule has 7 heteroatoms. The van der Waals surface area contributed by atoms with E-state index in [0.717, 1.165) is 17.5 Å². The molecule has 2 aromatic carbocycles. The molecule has 6 nitrogen and oxygen atoms in total. The number of hydrogen-bond donors (Lipinski definition) is 2. The Kier molecular flexibility index (Phi) is 5.32. The lowest BCUT2D eigenvalue weighted by Crippen LogP contribution is -2.36. The van der Waals surface area contributed by atoms with Crippen LogP contribution in [0.4, 0.5) is 0 Å². The van der Waals surface area contributed by atoms with Crippen molar-refractivity contribution in [2.45, 2.75) is 44.2 Å². The molecule has 0 radical (unpaired) electrons. The number of sulfonamides is 1. The lowest BCUT2D eigenvalue weighted by atomic mass is 10.0. The van der Waals surface area contributed by atoms with E-state index < -0.39 is 16.1 Å². The van der Waals surface area contributed by atoms with Gasteiger partial charge in [0.15, 0.2) is 0 Å². The van der Waals surface area contributed by atoms with E-state index in [4.69, 9.17) is 0 Å². The van der Waals surface area contributed by atoms with Gasteiger partial charge in [0.25, 0.3) is 10.0 Å². The van der Waals surface area contributed by atoms with Gasteiger partial charge >= 0.3 is 0 Å². The average Bonchev–Trinajstić information content (AvgIpc) is 2.91. The monoisotopic (exact) mass is 385 g/mol. The Labute approximate surface area is 159 Å². The highest BCUT2D eigenvalue weighted by Gasteiger charge is 2.31. The summed E-state index contributed by atoms with van der Waals surface area (Å²) in [5.74, 6) is -0.0462. The van der Waals surface area contributed by atoms with E-state index >= 15 is 0 Å². The largest absolute Gasteiger partial charge is 0.347 e. The SMILES string of the molecule is CC[C@H](NC(=O)[C@H](C)N=C1NS(=O)(=O)c2ccccc21)c1ccc(C)cc1. The molecule has 1 heterocycles. The number of carbonyl (C=O) groups excluding carboxylic acids is 1. The fourth-order valence-electron chi connectivity index (χ4n) is 2.99. The second-order valence-corrected chi connectivity index (χ2v) is 8.29. The van der Waals surface area contributed by atoms with Crippen molar-refractivity contribution in [3.8, 4) is 0 Å². The Balaban J connectivity index is 1.78. The standard InChI is InChI=1S/C20H23N3O3S/c1-4-17(15-11-9-13(2)10-12-15)22-20(24)14(3)21-19-16-7-5-6-8-18(16)27(25,26)23-19/h5-12,14,17H,4H2,1-3H3,(H,21,23)(H,22,24)/t14-,17-/m0/s1. The van der Waals surface area contributed by atoms with Crippen molar-refractivity contribution in [1.82, 2.24) is 10.0 Å². The number of nitrogens with zero attached hydrogens (tertiary/aromatic N) is 1. The van der Waals surface area contributed by atoms with Gasteiger partial charge in [0.05, 0.1) is 10.9 Å². The van der Waals surface area contributed by atoms with Gasteiger partial charge in [-0.15, -0.1) is 0 Å². The maximum absolute atomic E-state index is 12.6. The Morgan fingerprint density at radius 2 is 1.81 bits per heavy atom. The smallest absolute Gasteiger partial charge is 0.263 e. The summed E-state index contributed by atoms with van der Waals surface area (Å²) in [4.78, 5) is 17.1. The van der Waals surface area contributed by atoms with Crippen LogP contribution in [0.25, 0.3) is 0 Å². The first-order chi connectivity index (χ1) is 12.8. The molecule has 2 aromatic rings. The minimum atomic E-state index is -3.61. The van der Waals surface area contributed by atoms with Crippen LogP contribution in [0.2, 0.25) is 0 Å². The fraction of sp³-hybridized carbons (Fsp3) is 0.300. The summed E-state index contributed by atoms with van der Waals surface area (Å²) in [6.45, 7) is 5.67. The summed E-state index contributed by atoms with van der Waals surface area (Å²) < 4.78 is 26.7. The summed E-state index contributed by atoms with van der Waals surface area (Å²) >= 11 is 0. The molecule has 27 heavy (non-hydrogen) atoms. The molecule has 0 aliphatic carbocycles. The maximum atomic E-state index is 12.6. The van der Waals surface area contributed by atoms with Gasteiger partial charge in [-0.05, 0) is 38.0 Å². The van der Waals surface area contributed by atoms with Gasteiger partial charge in [-0.1, -0.05) is 48.9 Å². The average molecular weight is 385 g/mol. The molecule has 1 aliphatic heterocycles. The minimum Gasteiger partial charge on any atom is -0.347 e. The number of hydrogen-bond acceptors (Lipinski definition) is 4. The highest BCUT2D eigenvalue weighted by molar-refractivity contribution is 7.90. The number of amides is 1. The summed E-state index contributed by atoms with van der Waals surface area (Å²) in [5.41, 5.74) is 2.68. The van der Waals surface area contributed by atoms with Gasteiger partial charge < -0.3 is 5.32 Å². The van der Waals surface area contributed by atoms with Crippen molar-refractivity contribution in [1.29, 1.82) is 0 Å². The Hall–Kier alpha value is -2.67. The van der Waals surface area contributed by atoms with E-state index in [1.165, 1.54) is 6.07 Å². The summed E-state index contributed by atoms with van der Waals surface area (Å²) in [6, 6.07) is 13.8. The number of aliphatic imine (C=N–C) groups is 1. The topological polar surface area (TPSA) is 87.6 Å². The van der Waals surface area contributed by atoms with Crippen LogP contribution in [0.1, 0.15) is 43.0 Å². The highest BCUT2D eigenvalue weighted by Crippen LogP contribution is 2.23. The van der Waals surface area contributed by atoms with Crippen molar-refractivity contribution >= 4 is 21.8 Å². The molecule has 1 aliphatic rings. The lowest BCUT2D eigenvalue weighted by molar-refractivity contribution is -0.122. The van der Waals surface area contributed by atoms with E-state index in [9.17, 15) is 13.2 Å². The molecule has 0 bridgehead atoms. The van der Waals surface area contributed by atoms with Gasteiger partial charge in [0.2, 0.25) is 5.91 Å². The first kappa shape index (κ1) is 19.1. The van der Waals surface area contributed by atoms with Crippen LogP contribution in [-0.4, -0.2) is 26.2 Å². The van der Waals surface area contributed by atoms with Crippen LogP contribution in [0.15, 0.2) is 58.4 Å². The molecule has 2 atom stereocenters. The first-order valence-corrected chi connectivity index (χ1v) is 10.4. The molecule has 0 fully saturated rings. The van der Waals surface area contributed by atoms with E-state index in [0.29, 0.717) is 5.56 Å². The van der Waals surface area contributed by atoms with Crippen LogP contribution >= 0.6 is 0 Å². The van der Waals surface area contributed by atoms with Crippen LogP contribution in [0.5, 0.6) is 0 Å². The van der Waals surface area contributed by atoms with Crippen LogP contribution < -0.4 is 10.0 Å². The van der Waals surface area contributed by atoms with E-state index in [1.54, 1.807) is 25.1 Å². The quantitative estimate of drug-likeness (QED) is 0.829.